The van der Waals surface area contributed by atoms with Gasteiger partial charge in [0.15, 0.2) is 5.76 Å². The summed E-state index contributed by atoms with van der Waals surface area (Å²) >= 11 is 12.0. The van der Waals surface area contributed by atoms with Crippen molar-refractivity contribution in [3.63, 3.8) is 0 Å². The van der Waals surface area contributed by atoms with Crippen LogP contribution in [0, 0.1) is 5.92 Å². The van der Waals surface area contributed by atoms with E-state index in [0.717, 1.165) is 29.1 Å². The molecular weight excluding hydrogens is 461 g/mol. The van der Waals surface area contributed by atoms with Crippen molar-refractivity contribution >= 4 is 62.7 Å². The van der Waals surface area contributed by atoms with E-state index >= 15 is 0 Å². The molecule has 1 aliphatic carbocycles. The maximum atomic E-state index is 12.7. The van der Waals surface area contributed by atoms with Gasteiger partial charge in [-0.25, -0.2) is 4.98 Å². The van der Waals surface area contributed by atoms with Gasteiger partial charge < -0.3 is 15.1 Å². The maximum absolute atomic E-state index is 12.7. The summed E-state index contributed by atoms with van der Waals surface area (Å²) in [6.45, 7) is 0. The predicted octanol–water partition coefficient (Wildman–Crippen LogP) is 6.22. The van der Waals surface area contributed by atoms with Crippen LogP contribution >= 0.6 is 23.2 Å². The third-order valence-electron chi connectivity index (χ3n) is 6.04. The number of hydrogen-bond acceptors (Lipinski definition) is 4. The van der Waals surface area contributed by atoms with Gasteiger partial charge in [0.05, 0.1) is 5.52 Å². The average molecular weight is 482 g/mol. The molecule has 6 nitrogen and oxygen atoms in total. The molecule has 33 heavy (non-hydrogen) atoms. The molecule has 8 heteroatoms. The molecule has 0 aliphatic heterocycles. The monoisotopic (exact) mass is 481 g/mol. The smallest absolute Gasteiger partial charge is 0.287 e. The minimum Gasteiger partial charge on any atom is -0.451 e. The Bertz CT molecular complexity index is 1360. The Balaban J connectivity index is 1.16. The van der Waals surface area contributed by atoms with E-state index in [1.807, 2.05) is 18.2 Å². The summed E-state index contributed by atoms with van der Waals surface area (Å²) in [5, 5.41) is 8.90. The Labute approximate surface area is 200 Å². The van der Waals surface area contributed by atoms with Crippen LogP contribution in [0.25, 0.3) is 21.9 Å². The SMILES string of the molecule is O=C(NC1CCC(C(=O)Nc2ccc3cc(Cl)ccc3n2)CC1)c1cc2cc(Cl)ccc2o1. The lowest BCUT2D eigenvalue weighted by molar-refractivity contribution is -0.120. The van der Waals surface area contributed by atoms with Gasteiger partial charge in [0.2, 0.25) is 5.91 Å². The van der Waals surface area contributed by atoms with Gasteiger partial charge in [-0.3, -0.25) is 9.59 Å². The van der Waals surface area contributed by atoms with E-state index in [2.05, 4.69) is 15.6 Å². The number of nitrogens with zero attached hydrogens (tertiary/aromatic N) is 1. The van der Waals surface area contributed by atoms with Crippen LogP contribution in [-0.2, 0) is 4.79 Å². The molecule has 0 radical (unpaired) electrons. The van der Waals surface area contributed by atoms with Crippen LogP contribution in [0.15, 0.2) is 59.0 Å². The van der Waals surface area contributed by atoms with Crippen molar-refractivity contribution in [1.29, 1.82) is 0 Å². The maximum Gasteiger partial charge on any atom is 0.287 e. The number of fused-ring (bicyclic) bond motifs is 2. The number of nitrogens with one attached hydrogen (secondary N) is 2. The molecule has 5 rings (SSSR count). The molecule has 1 saturated carbocycles. The summed E-state index contributed by atoms with van der Waals surface area (Å²) in [5.41, 5.74) is 1.40. The molecule has 0 spiro atoms. The highest BCUT2D eigenvalue weighted by Crippen LogP contribution is 2.27. The Morgan fingerprint density at radius 1 is 0.879 bits per heavy atom. The van der Waals surface area contributed by atoms with Crippen LogP contribution < -0.4 is 10.6 Å². The molecule has 2 N–H and O–H groups in total. The van der Waals surface area contributed by atoms with Crippen LogP contribution in [0.2, 0.25) is 10.0 Å². The summed E-state index contributed by atoms with van der Waals surface area (Å²) in [4.78, 5) is 29.9. The largest absolute Gasteiger partial charge is 0.451 e. The number of anilines is 1. The normalized spacial score (nSPS) is 18.4. The number of hydrogen-bond donors (Lipinski definition) is 2. The Hall–Kier alpha value is -3.09. The number of amides is 2. The topological polar surface area (TPSA) is 84.2 Å². The Morgan fingerprint density at radius 3 is 2.39 bits per heavy atom. The van der Waals surface area contributed by atoms with Gasteiger partial charge in [0, 0.05) is 32.8 Å². The van der Waals surface area contributed by atoms with Crippen LogP contribution in [0.1, 0.15) is 36.2 Å². The van der Waals surface area contributed by atoms with Crippen LogP contribution in [0.3, 0.4) is 0 Å². The van der Waals surface area contributed by atoms with Crippen molar-refractivity contribution in [3.8, 4) is 0 Å². The molecule has 1 aliphatic rings. The second kappa shape index (κ2) is 9.04. The number of halogens is 2. The summed E-state index contributed by atoms with van der Waals surface area (Å²) in [6, 6.07) is 16.1. The lowest BCUT2D eigenvalue weighted by Crippen LogP contribution is -2.39. The van der Waals surface area contributed by atoms with Gasteiger partial charge in [-0.2, -0.15) is 0 Å². The molecule has 0 saturated heterocycles. The van der Waals surface area contributed by atoms with E-state index in [4.69, 9.17) is 27.6 Å². The van der Waals surface area contributed by atoms with Crippen LogP contribution in [-0.4, -0.2) is 22.8 Å². The second-order valence-corrected chi connectivity index (χ2v) is 9.21. The first kappa shape index (κ1) is 21.7. The molecule has 0 atom stereocenters. The van der Waals surface area contributed by atoms with E-state index in [9.17, 15) is 9.59 Å². The van der Waals surface area contributed by atoms with E-state index in [1.165, 1.54) is 0 Å². The fraction of sp³-hybridized carbons (Fsp3) is 0.240. The second-order valence-electron chi connectivity index (χ2n) is 8.34. The van der Waals surface area contributed by atoms with Crippen molar-refractivity contribution in [2.24, 2.45) is 5.92 Å². The molecule has 2 aromatic carbocycles. The van der Waals surface area contributed by atoms with Gasteiger partial charge in [-0.1, -0.05) is 23.2 Å². The molecule has 2 amide bonds. The van der Waals surface area contributed by atoms with E-state index in [-0.39, 0.29) is 29.5 Å². The van der Waals surface area contributed by atoms with Crippen molar-refractivity contribution in [2.45, 2.75) is 31.7 Å². The number of furan rings is 1. The highest BCUT2D eigenvalue weighted by atomic mass is 35.5. The molecular formula is C25H21Cl2N3O3. The standard InChI is InChI=1S/C25H21Cl2N3O3/c26-17-4-8-20-15(11-17)3-10-23(29-20)30-24(31)14-1-6-19(7-2-14)28-25(32)22-13-16-12-18(27)5-9-21(16)33-22/h3-5,8-14,19H,1-2,6-7H2,(H,28,32)(H,29,30,31). The summed E-state index contributed by atoms with van der Waals surface area (Å²) in [6.07, 6.45) is 2.82. The number of pyridine rings is 1. The number of carbonyl (C=O) groups excluding carboxylic acids is 2. The molecule has 168 valence electrons. The number of carbonyl (C=O) groups is 2. The zero-order valence-electron chi connectivity index (χ0n) is 17.6. The van der Waals surface area contributed by atoms with Gasteiger partial charge in [-0.15, -0.1) is 0 Å². The van der Waals surface area contributed by atoms with E-state index in [0.29, 0.717) is 34.3 Å². The lowest BCUT2D eigenvalue weighted by atomic mass is 9.85. The highest BCUT2D eigenvalue weighted by Gasteiger charge is 2.28. The third-order valence-corrected chi connectivity index (χ3v) is 6.51. The molecule has 4 aromatic rings. The van der Waals surface area contributed by atoms with Gasteiger partial charge in [0.1, 0.15) is 11.4 Å². The summed E-state index contributed by atoms with van der Waals surface area (Å²) < 4.78 is 5.64. The first-order valence-corrected chi connectivity index (χ1v) is 11.6. The first-order valence-electron chi connectivity index (χ1n) is 10.8. The quantitative estimate of drug-likeness (QED) is 0.362. The number of aromatic nitrogens is 1. The fourth-order valence-electron chi connectivity index (χ4n) is 4.28. The molecule has 2 aromatic heterocycles. The minimum absolute atomic E-state index is 0.00175. The highest BCUT2D eigenvalue weighted by molar-refractivity contribution is 6.31. The van der Waals surface area contributed by atoms with Crippen molar-refractivity contribution in [3.05, 3.63) is 70.4 Å². The third kappa shape index (κ3) is 4.82. The van der Waals surface area contributed by atoms with Crippen LogP contribution in [0.5, 0.6) is 0 Å². The molecule has 0 bridgehead atoms. The average Bonchev–Trinajstić information content (AvgIpc) is 3.23. The summed E-state index contributed by atoms with van der Waals surface area (Å²) in [5.74, 6) is 0.366. The lowest BCUT2D eigenvalue weighted by Gasteiger charge is -2.28. The fourth-order valence-corrected chi connectivity index (χ4v) is 4.64. The van der Waals surface area contributed by atoms with Gasteiger partial charge >= 0.3 is 0 Å². The van der Waals surface area contributed by atoms with Crippen LogP contribution in [0.4, 0.5) is 5.82 Å². The number of benzene rings is 2. The Morgan fingerprint density at radius 2 is 1.61 bits per heavy atom. The van der Waals surface area contributed by atoms with E-state index < -0.39 is 0 Å². The zero-order chi connectivity index (χ0) is 22.9. The summed E-state index contributed by atoms with van der Waals surface area (Å²) in [7, 11) is 0. The predicted molar refractivity (Wildman–Crippen MR) is 130 cm³/mol. The van der Waals surface area contributed by atoms with Gasteiger partial charge in [0.25, 0.3) is 5.91 Å². The van der Waals surface area contributed by atoms with Crippen molar-refractivity contribution in [1.82, 2.24) is 10.3 Å². The van der Waals surface area contributed by atoms with E-state index in [1.54, 1.807) is 36.4 Å². The Kier molecular flexibility index (Phi) is 5.96. The molecule has 2 heterocycles. The minimum atomic E-state index is -0.254. The number of rotatable bonds is 4. The molecule has 1 fully saturated rings. The first-order chi connectivity index (χ1) is 15.9. The van der Waals surface area contributed by atoms with Gasteiger partial charge in [-0.05, 0) is 80.3 Å². The van der Waals surface area contributed by atoms with Crippen molar-refractivity contribution in [2.75, 3.05) is 5.32 Å². The van der Waals surface area contributed by atoms with Crippen molar-refractivity contribution < 1.29 is 14.0 Å². The zero-order valence-corrected chi connectivity index (χ0v) is 19.1. The molecule has 0 unspecified atom stereocenters.